The Kier molecular flexibility index (Phi) is 2.97. The maximum atomic E-state index is 11.6. The van der Waals surface area contributed by atoms with E-state index < -0.39 is 0 Å². The fraction of sp³-hybridized carbons (Fsp3) is 0.667. The average molecular weight is 226 g/mol. The van der Waals surface area contributed by atoms with Crippen molar-refractivity contribution < 1.29 is 4.79 Å². The van der Waals surface area contributed by atoms with Gasteiger partial charge in [-0.25, -0.2) is 0 Å². The zero-order chi connectivity index (χ0) is 10.7. The first-order valence-electron chi connectivity index (χ1n) is 5.00. The van der Waals surface area contributed by atoms with E-state index in [1.54, 1.807) is 5.51 Å². The largest absolute Gasteiger partial charge is 0.330 e. The van der Waals surface area contributed by atoms with Crippen LogP contribution in [0.2, 0.25) is 0 Å². The number of anilines is 1. The number of amides is 1. The molecule has 6 heteroatoms. The predicted molar refractivity (Wildman–Crippen MR) is 58.5 cm³/mol. The van der Waals surface area contributed by atoms with E-state index in [9.17, 15) is 4.79 Å². The van der Waals surface area contributed by atoms with E-state index in [1.165, 1.54) is 17.8 Å². The van der Waals surface area contributed by atoms with Gasteiger partial charge >= 0.3 is 0 Å². The molecule has 1 saturated carbocycles. The van der Waals surface area contributed by atoms with Crippen molar-refractivity contribution >= 4 is 22.4 Å². The molecule has 1 fully saturated rings. The second-order valence-electron chi connectivity index (χ2n) is 4.03. The van der Waals surface area contributed by atoms with Gasteiger partial charge in [-0.2, -0.15) is 0 Å². The summed E-state index contributed by atoms with van der Waals surface area (Å²) in [5.41, 5.74) is 7.33. The summed E-state index contributed by atoms with van der Waals surface area (Å²) in [6.07, 6.45) is 3.81. The Hall–Kier alpha value is -1.01. The van der Waals surface area contributed by atoms with Crippen LogP contribution >= 0.6 is 11.3 Å². The molecule has 0 saturated heterocycles. The lowest BCUT2D eigenvalue weighted by Gasteiger charge is -2.40. The highest BCUT2D eigenvalue weighted by Gasteiger charge is 2.37. The van der Waals surface area contributed by atoms with Gasteiger partial charge in [0.05, 0.1) is 0 Å². The summed E-state index contributed by atoms with van der Waals surface area (Å²) in [6, 6.07) is 0. The SMILES string of the molecule is NCC1(CC(=O)Nc2nncs2)CCC1. The van der Waals surface area contributed by atoms with Crippen LogP contribution in [0.25, 0.3) is 0 Å². The van der Waals surface area contributed by atoms with Crippen molar-refractivity contribution in [1.29, 1.82) is 0 Å². The standard InChI is InChI=1S/C9H14N4OS/c10-5-9(2-1-3-9)4-7(14)12-8-13-11-6-15-8/h6H,1-5,10H2,(H,12,13,14). The zero-order valence-corrected chi connectivity index (χ0v) is 9.22. The van der Waals surface area contributed by atoms with Crippen LogP contribution in [0.5, 0.6) is 0 Å². The third-order valence-electron chi connectivity index (χ3n) is 2.99. The van der Waals surface area contributed by atoms with Crippen LogP contribution in [0.3, 0.4) is 0 Å². The minimum Gasteiger partial charge on any atom is -0.330 e. The van der Waals surface area contributed by atoms with Gasteiger partial charge in [-0.15, -0.1) is 10.2 Å². The number of nitrogens with zero attached hydrogens (tertiary/aromatic N) is 2. The number of carbonyl (C=O) groups is 1. The Morgan fingerprint density at radius 3 is 2.93 bits per heavy atom. The first kappa shape index (κ1) is 10.5. The lowest BCUT2D eigenvalue weighted by Crippen LogP contribution is -2.40. The van der Waals surface area contributed by atoms with E-state index in [-0.39, 0.29) is 11.3 Å². The Labute approximate surface area is 92.1 Å². The molecular weight excluding hydrogens is 212 g/mol. The van der Waals surface area contributed by atoms with Gasteiger partial charge in [0.25, 0.3) is 0 Å². The van der Waals surface area contributed by atoms with E-state index in [1.807, 2.05) is 0 Å². The van der Waals surface area contributed by atoms with Gasteiger partial charge in [0, 0.05) is 6.42 Å². The molecule has 0 atom stereocenters. The van der Waals surface area contributed by atoms with Gasteiger partial charge in [0.15, 0.2) is 0 Å². The smallest absolute Gasteiger partial charge is 0.226 e. The lowest BCUT2D eigenvalue weighted by atomic mass is 9.66. The minimum atomic E-state index is -0.00287. The third-order valence-corrected chi connectivity index (χ3v) is 3.60. The maximum absolute atomic E-state index is 11.6. The second kappa shape index (κ2) is 4.24. The van der Waals surface area contributed by atoms with Gasteiger partial charge in [0.2, 0.25) is 11.0 Å². The van der Waals surface area contributed by atoms with Crippen LogP contribution in [-0.4, -0.2) is 22.6 Å². The van der Waals surface area contributed by atoms with Gasteiger partial charge in [0.1, 0.15) is 5.51 Å². The van der Waals surface area contributed by atoms with Crippen LogP contribution in [0.15, 0.2) is 5.51 Å². The van der Waals surface area contributed by atoms with Crippen molar-refractivity contribution in [2.75, 3.05) is 11.9 Å². The van der Waals surface area contributed by atoms with Crippen molar-refractivity contribution in [3.63, 3.8) is 0 Å². The fourth-order valence-corrected chi connectivity index (χ4v) is 2.32. The highest BCUT2D eigenvalue weighted by Crippen LogP contribution is 2.43. The number of hydrogen-bond donors (Lipinski definition) is 2. The van der Waals surface area contributed by atoms with Crippen molar-refractivity contribution in [2.45, 2.75) is 25.7 Å². The van der Waals surface area contributed by atoms with Gasteiger partial charge in [-0.05, 0) is 24.8 Å². The fourth-order valence-electron chi connectivity index (χ4n) is 1.86. The van der Waals surface area contributed by atoms with Crippen molar-refractivity contribution in [3.8, 4) is 0 Å². The Morgan fingerprint density at radius 1 is 1.67 bits per heavy atom. The molecule has 0 radical (unpaired) electrons. The molecule has 1 aromatic rings. The molecule has 0 unspecified atom stereocenters. The Morgan fingerprint density at radius 2 is 2.47 bits per heavy atom. The van der Waals surface area contributed by atoms with E-state index in [2.05, 4.69) is 15.5 Å². The van der Waals surface area contributed by atoms with Crippen molar-refractivity contribution in [3.05, 3.63) is 5.51 Å². The second-order valence-corrected chi connectivity index (χ2v) is 4.86. The number of aromatic nitrogens is 2. The van der Waals surface area contributed by atoms with Gasteiger partial charge in [-0.3, -0.25) is 4.79 Å². The average Bonchev–Trinajstić information content (AvgIpc) is 2.64. The predicted octanol–water partition coefficient (Wildman–Crippen LogP) is 0.996. The number of carbonyl (C=O) groups excluding carboxylic acids is 1. The van der Waals surface area contributed by atoms with E-state index in [4.69, 9.17) is 5.73 Å². The quantitative estimate of drug-likeness (QED) is 0.802. The van der Waals surface area contributed by atoms with E-state index in [0.717, 1.165) is 12.8 Å². The molecule has 1 aromatic heterocycles. The van der Waals surface area contributed by atoms with Gasteiger partial charge in [-0.1, -0.05) is 17.8 Å². The van der Waals surface area contributed by atoms with Crippen LogP contribution < -0.4 is 11.1 Å². The molecular formula is C9H14N4OS. The normalized spacial score (nSPS) is 18.2. The molecule has 82 valence electrons. The molecule has 0 aliphatic heterocycles. The summed E-state index contributed by atoms with van der Waals surface area (Å²) in [6.45, 7) is 0.594. The van der Waals surface area contributed by atoms with Crippen LogP contribution in [0.4, 0.5) is 5.13 Å². The van der Waals surface area contributed by atoms with E-state index >= 15 is 0 Å². The summed E-state index contributed by atoms with van der Waals surface area (Å²) in [5.74, 6) is -0.00287. The summed E-state index contributed by atoms with van der Waals surface area (Å²) in [4.78, 5) is 11.6. The maximum Gasteiger partial charge on any atom is 0.226 e. The molecule has 5 nitrogen and oxygen atoms in total. The highest BCUT2D eigenvalue weighted by molar-refractivity contribution is 7.13. The van der Waals surface area contributed by atoms with Crippen LogP contribution in [0.1, 0.15) is 25.7 Å². The molecule has 0 aromatic carbocycles. The molecule has 0 bridgehead atoms. The third kappa shape index (κ3) is 2.32. The number of hydrogen-bond acceptors (Lipinski definition) is 5. The summed E-state index contributed by atoms with van der Waals surface area (Å²) in [7, 11) is 0. The van der Waals surface area contributed by atoms with E-state index in [0.29, 0.717) is 18.1 Å². The zero-order valence-electron chi connectivity index (χ0n) is 8.40. The molecule has 15 heavy (non-hydrogen) atoms. The highest BCUT2D eigenvalue weighted by atomic mass is 32.1. The molecule has 0 spiro atoms. The lowest BCUT2D eigenvalue weighted by molar-refractivity contribution is -0.119. The first-order valence-corrected chi connectivity index (χ1v) is 5.88. The topological polar surface area (TPSA) is 80.9 Å². The van der Waals surface area contributed by atoms with Crippen molar-refractivity contribution in [2.24, 2.45) is 11.1 Å². The minimum absolute atomic E-state index is 0.00287. The Bertz CT molecular complexity index is 328. The summed E-state index contributed by atoms with van der Waals surface area (Å²) in [5, 5.41) is 10.7. The molecule has 1 heterocycles. The van der Waals surface area contributed by atoms with Gasteiger partial charge < -0.3 is 11.1 Å². The molecule has 1 amide bonds. The molecule has 2 rings (SSSR count). The molecule has 3 N–H and O–H groups in total. The first-order chi connectivity index (χ1) is 7.24. The molecule has 1 aliphatic rings. The van der Waals surface area contributed by atoms with Crippen LogP contribution in [0, 0.1) is 5.41 Å². The summed E-state index contributed by atoms with van der Waals surface area (Å²) >= 11 is 1.33. The van der Waals surface area contributed by atoms with Crippen molar-refractivity contribution in [1.82, 2.24) is 10.2 Å². The monoisotopic (exact) mass is 226 g/mol. The molecule has 1 aliphatic carbocycles. The Balaban J connectivity index is 1.87. The number of rotatable bonds is 4. The van der Waals surface area contributed by atoms with Crippen LogP contribution in [-0.2, 0) is 4.79 Å². The number of nitrogens with two attached hydrogens (primary N) is 1. The number of nitrogens with one attached hydrogen (secondary N) is 1. The summed E-state index contributed by atoms with van der Waals surface area (Å²) < 4.78 is 0.